The average molecular weight is 375 g/mol. The highest BCUT2D eigenvalue weighted by Gasteiger charge is 2.24. The van der Waals surface area contributed by atoms with E-state index in [1.54, 1.807) is 12.1 Å². The van der Waals surface area contributed by atoms with Crippen LogP contribution in [0.25, 0.3) is 22.2 Å². The van der Waals surface area contributed by atoms with Crippen molar-refractivity contribution >= 4 is 10.9 Å². The summed E-state index contributed by atoms with van der Waals surface area (Å²) in [6.07, 6.45) is 2.78. The van der Waals surface area contributed by atoms with Crippen molar-refractivity contribution in [3.63, 3.8) is 0 Å². The molecule has 0 aliphatic heterocycles. The number of benzene rings is 2. The van der Waals surface area contributed by atoms with Crippen molar-refractivity contribution < 1.29 is 8.91 Å². The number of aryl methyl sites for hydroxylation is 1. The van der Waals surface area contributed by atoms with Crippen LogP contribution < -0.4 is 5.73 Å². The van der Waals surface area contributed by atoms with Crippen LogP contribution in [0.5, 0.6) is 0 Å². The van der Waals surface area contributed by atoms with Gasteiger partial charge in [-0.25, -0.2) is 4.39 Å². The largest absolute Gasteiger partial charge is 0.361 e. The summed E-state index contributed by atoms with van der Waals surface area (Å²) in [5, 5.41) is 5.36. The maximum atomic E-state index is 13.7. The fourth-order valence-electron chi connectivity index (χ4n) is 4.34. The molecule has 2 N–H and O–H groups in total. The van der Waals surface area contributed by atoms with Gasteiger partial charge in [-0.1, -0.05) is 23.4 Å². The number of fused-ring (bicyclic) bond motifs is 3. The van der Waals surface area contributed by atoms with Crippen molar-refractivity contribution in [2.75, 3.05) is 0 Å². The Morgan fingerprint density at radius 2 is 2.11 bits per heavy atom. The average Bonchev–Trinajstić information content (AvgIpc) is 3.24. The van der Waals surface area contributed by atoms with Crippen LogP contribution in [0.3, 0.4) is 0 Å². The molecule has 142 valence electrons. The summed E-state index contributed by atoms with van der Waals surface area (Å²) in [4.78, 5) is 0. The predicted octanol–water partition coefficient (Wildman–Crippen LogP) is 4.61. The molecule has 2 heterocycles. The maximum Gasteiger partial charge on any atom is 0.134 e. The minimum Gasteiger partial charge on any atom is -0.361 e. The summed E-state index contributed by atoms with van der Waals surface area (Å²) in [6, 6.07) is 15.4. The van der Waals surface area contributed by atoms with E-state index in [4.69, 9.17) is 10.3 Å². The number of nitrogens with zero attached hydrogens (tertiary/aromatic N) is 2. The van der Waals surface area contributed by atoms with Gasteiger partial charge in [0.05, 0.1) is 0 Å². The van der Waals surface area contributed by atoms with E-state index >= 15 is 0 Å². The molecule has 1 atom stereocenters. The van der Waals surface area contributed by atoms with Gasteiger partial charge in [0, 0.05) is 40.8 Å². The lowest BCUT2D eigenvalue weighted by molar-refractivity contribution is 0.399. The first-order valence-electron chi connectivity index (χ1n) is 9.66. The lowest BCUT2D eigenvalue weighted by Crippen LogP contribution is -2.28. The zero-order valence-electron chi connectivity index (χ0n) is 15.8. The van der Waals surface area contributed by atoms with Crippen LogP contribution in [0, 0.1) is 12.7 Å². The molecule has 0 spiro atoms. The van der Waals surface area contributed by atoms with E-state index in [0.29, 0.717) is 6.54 Å². The molecule has 28 heavy (non-hydrogen) atoms. The van der Waals surface area contributed by atoms with Crippen molar-refractivity contribution in [2.45, 2.75) is 38.8 Å². The third kappa shape index (κ3) is 2.92. The molecule has 0 radical (unpaired) electrons. The van der Waals surface area contributed by atoms with Gasteiger partial charge in [0.1, 0.15) is 17.3 Å². The van der Waals surface area contributed by atoms with E-state index in [2.05, 4.69) is 27.9 Å². The molecule has 5 heteroatoms. The molecule has 4 aromatic rings. The predicted molar refractivity (Wildman–Crippen MR) is 108 cm³/mol. The van der Waals surface area contributed by atoms with Crippen molar-refractivity contribution in [3.05, 3.63) is 76.9 Å². The SMILES string of the molecule is Cc1cc(-c2ccc3c(c2)c2c(n3Cc3cccc(F)c3)CCC(N)C2)no1. The smallest absolute Gasteiger partial charge is 0.134 e. The number of aromatic nitrogens is 2. The quantitative estimate of drug-likeness (QED) is 0.569. The normalized spacial score (nSPS) is 16.5. The third-order valence-corrected chi connectivity index (χ3v) is 5.66. The van der Waals surface area contributed by atoms with Crippen LogP contribution in [-0.4, -0.2) is 15.8 Å². The van der Waals surface area contributed by atoms with E-state index in [0.717, 1.165) is 47.4 Å². The fraction of sp³-hybridized carbons (Fsp3) is 0.261. The monoisotopic (exact) mass is 375 g/mol. The Morgan fingerprint density at radius 3 is 2.89 bits per heavy atom. The summed E-state index contributed by atoms with van der Waals surface area (Å²) < 4.78 is 21.3. The summed E-state index contributed by atoms with van der Waals surface area (Å²) >= 11 is 0. The Bertz CT molecular complexity index is 1170. The van der Waals surface area contributed by atoms with Gasteiger partial charge in [-0.05, 0) is 61.6 Å². The number of rotatable bonds is 3. The molecular formula is C23H22FN3O. The van der Waals surface area contributed by atoms with Crippen LogP contribution in [0.1, 0.15) is 29.0 Å². The molecule has 0 saturated carbocycles. The van der Waals surface area contributed by atoms with E-state index in [1.165, 1.54) is 22.7 Å². The molecular weight excluding hydrogens is 353 g/mol. The van der Waals surface area contributed by atoms with Crippen LogP contribution in [-0.2, 0) is 19.4 Å². The van der Waals surface area contributed by atoms with Crippen LogP contribution in [0.4, 0.5) is 4.39 Å². The van der Waals surface area contributed by atoms with Crippen molar-refractivity contribution in [1.29, 1.82) is 0 Å². The van der Waals surface area contributed by atoms with Crippen molar-refractivity contribution in [2.24, 2.45) is 5.73 Å². The molecule has 0 fully saturated rings. The molecule has 4 nitrogen and oxygen atoms in total. The molecule has 0 bridgehead atoms. The first kappa shape index (κ1) is 17.2. The van der Waals surface area contributed by atoms with E-state index < -0.39 is 0 Å². The highest BCUT2D eigenvalue weighted by atomic mass is 19.1. The topological polar surface area (TPSA) is 57.0 Å². The van der Waals surface area contributed by atoms with Gasteiger partial charge in [0.2, 0.25) is 0 Å². The van der Waals surface area contributed by atoms with Crippen LogP contribution in [0.2, 0.25) is 0 Å². The second kappa shape index (κ2) is 6.60. The number of hydrogen-bond donors (Lipinski definition) is 1. The maximum absolute atomic E-state index is 13.7. The summed E-state index contributed by atoms with van der Waals surface area (Å²) in [5.74, 6) is 0.594. The van der Waals surface area contributed by atoms with Gasteiger partial charge in [-0.2, -0.15) is 0 Å². The summed E-state index contributed by atoms with van der Waals surface area (Å²) in [7, 11) is 0. The van der Waals surface area contributed by atoms with Gasteiger partial charge < -0.3 is 14.8 Å². The van der Waals surface area contributed by atoms with Crippen LogP contribution in [0.15, 0.2) is 53.1 Å². The molecule has 1 unspecified atom stereocenters. The Hall–Kier alpha value is -2.92. The molecule has 2 aromatic carbocycles. The summed E-state index contributed by atoms with van der Waals surface area (Å²) in [6.45, 7) is 2.55. The zero-order chi connectivity index (χ0) is 19.3. The lowest BCUT2D eigenvalue weighted by atomic mass is 9.91. The van der Waals surface area contributed by atoms with Gasteiger partial charge in [-0.3, -0.25) is 0 Å². The van der Waals surface area contributed by atoms with E-state index in [1.807, 2.05) is 19.1 Å². The first-order valence-corrected chi connectivity index (χ1v) is 9.66. The molecule has 5 rings (SSSR count). The zero-order valence-corrected chi connectivity index (χ0v) is 15.8. The Kier molecular flexibility index (Phi) is 4.05. The molecule has 0 amide bonds. The van der Waals surface area contributed by atoms with Gasteiger partial charge in [-0.15, -0.1) is 0 Å². The highest BCUT2D eigenvalue weighted by Crippen LogP contribution is 2.35. The molecule has 1 aliphatic rings. The molecule has 0 saturated heterocycles. The fourth-order valence-corrected chi connectivity index (χ4v) is 4.34. The van der Waals surface area contributed by atoms with Crippen molar-refractivity contribution in [3.8, 4) is 11.3 Å². The number of hydrogen-bond acceptors (Lipinski definition) is 3. The minimum atomic E-state index is -0.200. The lowest BCUT2D eigenvalue weighted by Gasteiger charge is -2.21. The molecule has 1 aliphatic carbocycles. The highest BCUT2D eigenvalue weighted by molar-refractivity contribution is 5.90. The van der Waals surface area contributed by atoms with Gasteiger partial charge in [0.25, 0.3) is 0 Å². The number of nitrogens with two attached hydrogens (primary N) is 1. The van der Waals surface area contributed by atoms with Crippen LogP contribution >= 0.6 is 0 Å². The Morgan fingerprint density at radius 1 is 1.21 bits per heavy atom. The van der Waals surface area contributed by atoms with Gasteiger partial charge in [0.15, 0.2) is 0 Å². The first-order chi connectivity index (χ1) is 13.6. The van der Waals surface area contributed by atoms with E-state index in [-0.39, 0.29) is 11.9 Å². The number of halogens is 1. The third-order valence-electron chi connectivity index (χ3n) is 5.66. The van der Waals surface area contributed by atoms with E-state index in [9.17, 15) is 4.39 Å². The minimum absolute atomic E-state index is 0.179. The second-order valence-corrected chi connectivity index (χ2v) is 7.70. The standard InChI is InChI=1S/C23H22FN3O/c1-14-9-21(26-28-14)16-5-7-22-19(11-16)20-12-18(25)6-8-23(20)27(22)13-15-3-2-4-17(24)10-15/h2-5,7,9-11,18H,6,8,12-13,25H2,1H3. The second-order valence-electron chi connectivity index (χ2n) is 7.70. The Labute approximate surface area is 162 Å². The van der Waals surface area contributed by atoms with Crippen molar-refractivity contribution in [1.82, 2.24) is 9.72 Å². The summed E-state index contributed by atoms with van der Waals surface area (Å²) in [5.41, 5.74) is 12.9. The molecule has 2 aromatic heterocycles. The Balaban J connectivity index is 1.67. The van der Waals surface area contributed by atoms with Gasteiger partial charge >= 0.3 is 0 Å².